The van der Waals surface area contributed by atoms with Crippen molar-refractivity contribution in [2.24, 2.45) is 10.7 Å². The topological polar surface area (TPSA) is 54.1 Å². The molecule has 1 aromatic carbocycles. The summed E-state index contributed by atoms with van der Waals surface area (Å²) in [4.78, 5) is 8.71. The minimum Gasteiger partial charge on any atom is -0.373 e. The second kappa shape index (κ2) is 7.42. The molecular formula is C15H23IN4O. The van der Waals surface area contributed by atoms with Gasteiger partial charge in [-0.2, -0.15) is 0 Å². The molecule has 2 atom stereocenters. The first kappa shape index (κ1) is 16.5. The third kappa shape index (κ3) is 3.67. The largest absolute Gasteiger partial charge is 0.373 e. The second-order valence-corrected chi connectivity index (χ2v) is 5.42. The van der Waals surface area contributed by atoms with Gasteiger partial charge in [0.05, 0.1) is 18.8 Å². The number of aliphatic imine (C=N–C) groups is 1. The summed E-state index contributed by atoms with van der Waals surface area (Å²) in [6.07, 6.45) is 0.243. The molecule has 3 rings (SSSR count). The molecule has 0 aliphatic carbocycles. The lowest BCUT2D eigenvalue weighted by molar-refractivity contribution is -0.0502. The van der Waals surface area contributed by atoms with Gasteiger partial charge in [0.2, 0.25) is 0 Å². The van der Waals surface area contributed by atoms with Crippen LogP contribution in [0.2, 0.25) is 0 Å². The molecule has 0 radical (unpaired) electrons. The monoisotopic (exact) mass is 402 g/mol. The molecule has 116 valence electrons. The maximum Gasteiger partial charge on any atom is 0.191 e. The summed E-state index contributed by atoms with van der Waals surface area (Å²) in [5.74, 6) is 0.614. The van der Waals surface area contributed by atoms with E-state index >= 15 is 0 Å². The molecule has 6 heteroatoms. The van der Waals surface area contributed by atoms with Gasteiger partial charge in [0, 0.05) is 33.2 Å². The fourth-order valence-electron chi connectivity index (χ4n) is 3.10. The Morgan fingerprint density at radius 2 is 2.10 bits per heavy atom. The molecule has 0 aromatic heterocycles. The Kier molecular flexibility index (Phi) is 5.83. The molecule has 0 bridgehead atoms. The first-order chi connectivity index (χ1) is 9.78. The fraction of sp³-hybridized carbons (Fsp3) is 0.533. The van der Waals surface area contributed by atoms with Gasteiger partial charge in [-0.05, 0) is 5.56 Å². The maximum atomic E-state index is 5.93. The van der Waals surface area contributed by atoms with Crippen LogP contribution in [0.5, 0.6) is 0 Å². The second-order valence-electron chi connectivity index (χ2n) is 5.42. The molecule has 21 heavy (non-hydrogen) atoms. The third-order valence-corrected chi connectivity index (χ3v) is 4.20. The van der Waals surface area contributed by atoms with Crippen molar-refractivity contribution in [1.82, 2.24) is 9.80 Å². The van der Waals surface area contributed by atoms with Gasteiger partial charge in [0.15, 0.2) is 5.96 Å². The number of halogens is 1. The van der Waals surface area contributed by atoms with Gasteiger partial charge >= 0.3 is 0 Å². The molecule has 5 nitrogen and oxygen atoms in total. The molecule has 0 saturated carbocycles. The SMILES string of the molecule is CN=C(N)N1CC2OCCN(Cc3ccccc3)C2C1.I. The predicted octanol–water partition coefficient (Wildman–Crippen LogP) is 1.13. The highest BCUT2D eigenvalue weighted by molar-refractivity contribution is 14.0. The average molecular weight is 402 g/mol. The van der Waals surface area contributed by atoms with E-state index < -0.39 is 0 Å². The number of guanidine groups is 1. The molecule has 0 spiro atoms. The van der Waals surface area contributed by atoms with Crippen LogP contribution in [0.3, 0.4) is 0 Å². The van der Waals surface area contributed by atoms with Gasteiger partial charge in [-0.25, -0.2) is 0 Å². The van der Waals surface area contributed by atoms with Crippen molar-refractivity contribution in [2.75, 3.05) is 33.3 Å². The third-order valence-electron chi connectivity index (χ3n) is 4.20. The van der Waals surface area contributed by atoms with Crippen molar-refractivity contribution in [1.29, 1.82) is 0 Å². The van der Waals surface area contributed by atoms with Gasteiger partial charge in [0.1, 0.15) is 0 Å². The summed E-state index contributed by atoms with van der Waals surface area (Å²) in [7, 11) is 1.74. The van der Waals surface area contributed by atoms with Gasteiger partial charge in [-0.15, -0.1) is 24.0 Å². The quantitative estimate of drug-likeness (QED) is 0.458. The van der Waals surface area contributed by atoms with Gasteiger partial charge in [-0.3, -0.25) is 9.89 Å². The van der Waals surface area contributed by atoms with Gasteiger partial charge in [-0.1, -0.05) is 30.3 Å². The number of morpholine rings is 1. The van der Waals surface area contributed by atoms with E-state index in [1.165, 1.54) is 5.56 Å². The van der Waals surface area contributed by atoms with E-state index in [9.17, 15) is 0 Å². The number of rotatable bonds is 2. The van der Waals surface area contributed by atoms with Crippen molar-refractivity contribution in [3.63, 3.8) is 0 Å². The van der Waals surface area contributed by atoms with E-state index in [-0.39, 0.29) is 30.1 Å². The van der Waals surface area contributed by atoms with Crippen LogP contribution in [0.1, 0.15) is 5.56 Å². The number of nitrogens with two attached hydrogens (primary N) is 1. The molecule has 2 aliphatic heterocycles. The number of hydrogen-bond donors (Lipinski definition) is 1. The lowest BCUT2D eigenvalue weighted by Crippen LogP contribution is -2.50. The predicted molar refractivity (Wildman–Crippen MR) is 94.9 cm³/mol. The van der Waals surface area contributed by atoms with Crippen LogP contribution < -0.4 is 5.73 Å². The molecule has 2 saturated heterocycles. The standard InChI is InChI=1S/C15H22N4O.HI/c1-17-15(16)19-10-13-14(11-19)20-8-7-18(13)9-12-5-3-2-4-6-12;/h2-6,13-14H,7-11H2,1H3,(H2,16,17);1H. The first-order valence-corrected chi connectivity index (χ1v) is 7.14. The summed E-state index contributed by atoms with van der Waals surface area (Å²) < 4.78 is 5.90. The van der Waals surface area contributed by atoms with Crippen LogP contribution in [0.15, 0.2) is 35.3 Å². The van der Waals surface area contributed by atoms with Crippen LogP contribution in [0, 0.1) is 0 Å². The molecular weight excluding hydrogens is 379 g/mol. The Morgan fingerprint density at radius 1 is 1.33 bits per heavy atom. The van der Waals surface area contributed by atoms with E-state index in [0.29, 0.717) is 12.0 Å². The van der Waals surface area contributed by atoms with Gasteiger partial charge < -0.3 is 15.4 Å². The lowest BCUT2D eigenvalue weighted by Gasteiger charge is -2.36. The Balaban J connectivity index is 0.00000161. The van der Waals surface area contributed by atoms with Gasteiger partial charge in [0.25, 0.3) is 0 Å². The Labute approximate surface area is 143 Å². The van der Waals surface area contributed by atoms with Crippen molar-refractivity contribution >= 4 is 29.9 Å². The smallest absolute Gasteiger partial charge is 0.191 e. The molecule has 2 fully saturated rings. The highest BCUT2D eigenvalue weighted by atomic mass is 127. The molecule has 0 amide bonds. The van der Waals surface area contributed by atoms with Crippen LogP contribution in [0.4, 0.5) is 0 Å². The summed E-state index contributed by atoms with van der Waals surface area (Å²) in [5.41, 5.74) is 7.28. The minimum atomic E-state index is 0. The zero-order valence-corrected chi connectivity index (χ0v) is 14.6. The molecule has 2 heterocycles. The Hall–Kier alpha value is -0.860. The minimum absolute atomic E-state index is 0. The normalized spacial score (nSPS) is 26.3. The highest BCUT2D eigenvalue weighted by Gasteiger charge is 2.40. The first-order valence-electron chi connectivity index (χ1n) is 7.14. The summed E-state index contributed by atoms with van der Waals surface area (Å²) in [6.45, 7) is 4.50. The number of likely N-dealkylation sites (tertiary alicyclic amines) is 1. The number of nitrogens with zero attached hydrogens (tertiary/aromatic N) is 3. The van der Waals surface area contributed by atoms with Crippen LogP contribution in [-0.2, 0) is 11.3 Å². The Bertz CT molecular complexity index is 482. The lowest BCUT2D eigenvalue weighted by atomic mass is 10.1. The summed E-state index contributed by atoms with van der Waals surface area (Å²) in [5, 5.41) is 0. The van der Waals surface area contributed by atoms with E-state index in [0.717, 1.165) is 32.8 Å². The van der Waals surface area contributed by atoms with Crippen LogP contribution in [-0.4, -0.2) is 61.2 Å². The van der Waals surface area contributed by atoms with E-state index in [2.05, 4.69) is 45.1 Å². The van der Waals surface area contributed by atoms with Crippen molar-refractivity contribution < 1.29 is 4.74 Å². The number of benzene rings is 1. The molecule has 2 unspecified atom stereocenters. The average Bonchev–Trinajstić information content (AvgIpc) is 2.93. The van der Waals surface area contributed by atoms with E-state index in [1.807, 2.05) is 0 Å². The van der Waals surface area contributed by atoms with E-state index in [4.69, 9.17) is 10.5 Å². The molecule has 1 aromatic rings. The van der Waals surface area contributed by atoms with Crippen LogP contribution in [0.25, 0.3) is 0 Å². The summed E-state index contributed by atoms with van der Waals surface area (Å²) in [6, 6.07) is 11.0. The summed E-state index contributed by atoms with van der Waals surface area (Å²) >= 11 is 0. The highest BCUT2D eigenvalue weighted by Crippen LogP contribution is 2.24. The number of fused-ring (bicyclic) bond motifs is 1. The Morgan fingerprint density at radius 3 is 2.81 bits per heavy atom. The van der Waals surface area contributed by atoms with E-state index in [1.54, 1.807) is 7.05 Å². The maximum absolute atomic E-state index is 5.93. The molecule has 2 aliphatic rings. The zero-order valence-electron chi connectivity index (χ0n) is 12.3. The van der Waals surface area contributed by atoms with Crippen molar-refractivity contribution in [3.05, 3.63) is 35.9 Å². The van der Waals surface area contributed by atoms with Crippen molar-refractivity contribution in [2.45, 2.75) is 18.7 Å². The van der Waals surface area contributed by atoms with Crippen LogP contribution >= 0.6 is 24.0 Å². The van der Waals surface area contributed by atoms with Crippen molar-refractivity contribution in [3.8, 4) is 0 Å². The fourth-order valence-corrected chi connectivity index (χ4v) is 3.10. The number of ether oxygens (including phenoxy) is 1. The number of hydrogen-bond acceptors (Lipinski definition) is 3. The molecule has 2 N–H and O–H groups in total. The zero-order chi connectivity index (χ0) is 13.9.